The Morgan fingerprint density at radius 3 is 2.69 bits per heavy atom. The standard InChI is InChI=1S/C10H16FNO3S/c1-6(5-16)8(13)12-4-7(11)3-10(12,2)9(14)15/h6-7,16H,3-5H2,1-2H3,(H,14,15)/t6?,7-,10-/m1/s1. The van der Waals surface area contributed by atoms with Crippen molar-refractivity contribution >= 4 is 24.5 Å². The first-order valence-electron chi connectivity index (χ1n) is 5.12. The van der Waals surface area contributed by atoms with Gasteiger partial charge in [0, 0.05) is 18.1 Å². The zero-order valence-corrected chi connectivity index (χ0v) is 10.2. The normalized spacial score (nSPS) is 31.5. The van der Waals surface area contributed by atoms with Crippen molar-refractivity contribution < 1.29 is 19.1 Å². The molecule has 1 aliphatic rings. The number of carboxylic acid groups (broad SMARTS) is 1. The van der Waals surface area contributed by atoms with Crippen molar-refractivity contribution in [1.29, 1.82) is 0 Å². The maximum Gasteiger partial charge on any atom is 0.329 e. The van der Waals surface area contributed by atoms with Crippen LogP contribution < -0.4 is 0 Å². The number of hydrogen-bond acceptors (Lipinski definition) is 3. The highest BCUT2D eigenvalue weighted by molar-refractivity contribution is 7.80. The number of amides is 1. The van der Waals surface area contributed by atoms with Crippen molar-refractivity contribution in [3.05, 3.63) is 0 Å². The lowest BCUT2D eigenvalue weighted by molar-refractivity contribution is -0.156. The van der Waals surface area contributed by atoms with E-state index in [4.69, 9.17) is 5.11 Å². The Morgan fingerprint density at radius 1 is 1.69 bits per heavy atom. The minimum atomic E-state index is -1.42. The summed E-state index contributed by atoms with van der Waals surface area (Å²) in [6, 6.07) is 0. The number of carboxylic acids is 1. The molecule has 1 N–H and O–H groups in total. The van der Waals surface area contributed by atoms with Crippen LogP contribution in [0.5, 0.6) is 0 Å². The summed E-state index contributed by atoms with van der Waals surface area (Å²) in [5.74, 6) is -1.58. The van der Waals surface area contributed by atoms with Gasteiger partial charge in [0.2, 0.25) is 5.91 Å². The summed E-state index contributed by atoms with van der Waals surface area (Å²) in [6.07, 6.45) is -1.41. The van der Waals surface area contributed by atoms with Gasteiger partial charge in [-0.2, -0.15) is 12.6 Å². The number of thiol groups is 1. The minimum absolute atomic E-state index is 0.139. The molecule has 0 aromatic heterocycles. The fraction of sp³-hybridized carbons (Fsp3) is 0.800. The Kier molecular flexibility index (Phi) is 3.83. The highest BCUT2D eigenvalue weighted by atomic mass is 32.1. The smallest absolute Gasteiger partial charge is 0.329 e. The molecule has 0 aromatic carbocycles. The van der Waals surface area contributed by atoms with Crippen molar-refractivity contribution in [2.24, 2.45) is 5.92 Å². The van der Waals surface area contributed by atoms with Crippen LogP contribution in [0, 0.1) is 5.92 Å². The average Bonchev–Trinajstić information content (AvgIpc) is 2.53. The van der Waals surface area contributed by atoms with Gasteiger partial charge >= 0.3 is 5.97 Å². The molecule has 6 heteroatoms. The van der Waals surface area contributed by atoms with E-state index in [9.17, 15) is 14.0 Å². The molecule has 0 aliphatic carbocycles. The van der Waals surface area contributed by atoms with Crippen LogP contribution >= 0.6 is 12.6 Å². The molecule has 1 unspecified atom stereocenters. The molecule has 1 rings (SSSR count). The van der Waals surface area contributed by atoms with Crippen LogP contribution in [0.25, 0.3) is 0 Å². The third-order valence-corrected chi connectivity index (χ3v) is 3.57. The van der Waals surface area contributed by atoms with Crippen molar-refractivity contribution in [3.8, 4) is 0 Å². The third-order valence-electron chi connectivity index (χ3n) is 3.02. The Labute approximate surface area is 99.2 Å². The van der Waals surface area contributed by atoms with E-state index in [1.54, 1.807) is 6.92 Å². The maximum atomic E-state index is 13.3. The molecule has 0 saturated carbocycles. The van der Waals surface area contributed by atoms with Crippen LogP contribution in [-0.4, -0.2) is 45.9 Å². The molecular formula is C10H16FNO3S. The fourth-order valence-corrected chi connectivity index (χ4v) is 2.04. The maximum absolute atomic E-state index is 13.3. The van der Waals surface area contributed by atoms with Gasteiger partial charge in [0.1, 0.15) is 11.7 Å². The molecule has 1 aliphatic heterocycles. The summed E-state index contributed by atoms with van der Waals surface area (Å²) in [5, 5.41) is 9.08. The summed E-state index contributed by atoms with van der Waals surface area (Å²) in [7, 11) is 0. The fourth-order valence-electron chi connectivity index (χ4n) is 1.89. The second kappa shape index (κ2) is 4.61. The van der Waals surface area contributed by atoms with E-state index >= 15 is 0 Å². The highest BCUT2D eigenvalue weighted by Crippen LogP contribution is 2.32. The second-order valence-corrected chi connectivity index (χ2v) is 4.78. The molecule has 92 valence electrons. The van der Waals surface area contributed by atoms with Crippen molar-refractivity contribution in [2.45, 2.75) is 32.0 Å². The number of carbonyl (C=O) groups is 2. The first-order valence-corrected chi connectivity index (χ1v) is 5.76. The van der Waals surface area contributed by atoms with Gasteiger partial charge in [-0.05, 0) is 6.92 Å². The van der Waals surface area contributed by atoms with Gasteiger partial charge in [-0.1, -0.05) is 6.92 Å². The molecule has 1 heterocycles. The minimum Gasteiger partial charge on any atom is -0.480 e. The van der Waals surface area contributed by atoms with Gasteiger partial charge in [-0.25, -0.2) is 9.18 Å². The van der Waals surface area contributed by atoms with E-state index < -0.39 is 23.6 Å². The van der Waals surface area contributed by atoms with Crippen LogP contribution in [-0.2, 0) is 9.59 Å². The van der Waals surface area contributed by atoms with Gasteiger partial charge < -0.3 is 10.0 Å². The average molecular weight is 249 g/mol. The van der Waals surface area contributed by atoms with Crippen molar-refractivity contribution in [1.82, 2.24) is 4.90 Å². The van der Waals surface area contributed by atoms with Gasteiger partial charge in [0.05, 0.1) is 6.54 Å². The van der Waals surface area contributed by atoms with Crippen LogP contribution in [0.4, 0.5) is 4.39 Å². The predicted molar refractivity (Wildman–Crippen MR) is 60.3 cm³/mol. The first-order chi connectivity index (χ1) is 7.32. The van der Waals surface area contributed by atoms with Crippen LogP contribution in [0.1, 0.15) is 20.3 Å². The zero-order valence-electron chi connectivity index (χ0n) is 9.31. The van der Waals surface area contributed by atoms with Gasteiger partial charge in [-0.15, -0.1) is 0 Å². The first kappa shape index (κ1) is 13.3. The lowest BCUT2D eigenvalue weighted by atomic mass is 9.97. The Bertz CT molecular complexity index is 312. The summed E-state index contributed by atoms with van der Waals surface area (Å²) >= 11 is 3.99. The SMILES string of the molecule is CC(CS)C(=O)N1C[C@H](F)C[C@]1(C)C(=O)O. The lowest BCUT2D eigenvalue weighted by Crippen LogP contribution is -2.52. The Balaban J connectivity index is 2.94. The molecule has 0 bridgehead atoms. The van der Waals surface area contributed by atoms with Crippen molar-refractivity contribution in [2.75, 3.05) is 12.3 Å². The summed E-state index contributed by atoms with van der Waals surface area (Å²) < 4.78 is 13.3. The third kappa shape index (κ3) is 2.16. The van der Waals surface area contributed by atoms with E-state index in [-0.39, 0.29) is 18.9 Å². The summed E-state index contributed by atoms with van der Waals surface area (Å²) in [6.45, 7) is 2.90. The van der Waals surface area contributed by atoms with E-state index in [1.165, 1.54) is 6.92 Å². The molecule has 16 heavy (non-hydrogen) atoms. The topological polar surface area (TPSA) is 57.6 Å². The van der Waals surface area contributed by atoms with E-state index in [2.05, 4.69) is 12.6 Å². The molecule has 0 spiro atoms. The molecule has 4 nitrogen and oxygen atoms in total. The lowest BCUT2D eigenvalue weighted by Gasteiger charge is -2.32. The molecule has 3 atom stereocenters. The Hall–Kier alpha value is -0.780. The number of likely N-dealkylation sites (tertiary alicyclic amines) is 1. The molecule has 1 fully saturated rings. The number of alkyl halides is 1. The number of rotatable bonds is 3. The van der Waals surface area contributed by atoms with Crippen LogP contribution in [0.15, 0.2) is 0 Å². The monoisotopic (exact) mass is 249 g/mol. The number of aliphatic carboxylic acids is 1. The van der Waals surface area contributed by atoms with Gasteiger partial charge in [0.25, 0.3) is 0 Å². The van der Waals surface area contributed by atoms with Crippen molar-refractivity contribution in [3.63, 3.8) is 0 Å². The molecule has 0 radical (unpaired) electrons. The van der Waals surface area contributed by atoms with Gasteiger partial charge in [0.15, 0.2) is 0 Å². The number of hydrogen-bond donors (Lipinski definition) is 2. The molecule has 0 aromatic rings. The number of carbonyl (C=O) groups excluding carboxylic acids is 1. The summed E-state index contributed by atoms with van der Waals surface area (Å²) in [5.41, 5.74) is -1.42. The Morgan fingerprint density at radius 2 is 2.25 bits per heavy atom. The van der Waals surface area contributed by atoms with Crippen LogP contribution in [0.3, 0.4) is 0 Å². The van der Waals surface area contributed by atoms with E-state index in [1.807, 2.05) is 0 Å². The molecular weight excluding hydrogens is 233 g/mol. The number of nitrogens with zero attached hydrogens (tertiary/aromatic N) is 1. The molecule has 1 amide bonds. The number of halogens is 1. The van der Waals surface area contributed by atoms with E-state index in [0.717, 1.165) is 4.90 Å². The second-order valence-electron chi connectivity index (χ2n) is 4.41. The highest BCUT2D eigenvalue weighted by Gasteiger charge is 2.50. The molecule has 1 saturated heterocycles. The van der Waals surface area contributed by atoms with E-state index in [0.29, 0.717) is 5.75 Å². The zero-order chi connectivity index (χ0) is 12.5. The summed E-state index contributed by atoms with van der Waals surface area (Å²) in [4.78, 5) is 24.1. The van der Waals surface area contributed by atoms with Crippen LogP contribution in [0.2, 0.25) is 0 Å². The predicted octanol–water partition coefficient (Wildman–Crippen LogP) is 0.966. The van der Waals surface area contributed by atoms with Gasteiger partial charge in [-0.3, -0.25) is 4.79 Å². The largest absolute Gasteiger partial charge is 0.480 e. The quantitative estimate of drug-likeness (QED) is 0.733.